The molecule has 0 saturated heterocycles. The predicted molar refractivity (Wildman–Crippen MR) is 173 cm³/mol. The smallest absolute Gasteiger partial charge is 0.305 e. The van der Waals surface area contributed by atoms with Gasteiger partial charge in [-0.1, -0.05) is 110 Å². The number of benzene rings is 4. The van der Waals surface area contributed by atoms with Gasteiger partial charge in [0.2, 0.25) is 5.91 Å². The van der Waals surface area contributed by atoms with Gasteiger partial charge in [-0.05, 0) is 70.7 Å². The lowest BCUT2D eigenvalue weighted by Gasteiger charge is -2.23. The average molecular weight is 589 g/mol. The molecule has 226 valence electrons. The van der Waals surface area contributed by atoms with Crippen LogP contribution >= 0.6 is 0 Å². The number of rotatable bonds is 12. The molecule has 0 bridgehead atoms. The maximum absolute atomic E-state index is 13.9. The molecule has 0 heterocycles. The van der Waals surface area contributed by atoms with Gasteiger partial charge in [0.1, 0.15) is 0 Å². The molecule has 5 rings (SSSR count). The van der Waals surface area contributed by atoms with Crippen molar-refractivity contribution in [3.05, 3.63) is 131 Å². The predicted octanol–water partition coefficient (Wildman–Crippen LogP) is 7.25. The molecule has 1 fully saturated rings. The number of carboxylic acid groups (broad SMARTS) is 1. The fourth-order valence-corrected chi connectivity index (χ4v) is 6.09. The van der Waals surface area contributed by atoms with Crippen LogP contribution in [0.2, 0.25) is 0 Å². The standard InChI is InChI=1S/C38H40N2O4/c41-36(42)23-24-39-37(43)32-17-15-27(16-18-32)25-35(31-21-19-29(20-22-31)28-9-3-1-4-10-28)38(44)40-26-33-13-7-8-14-34(33)30-11-5-2-6-12-30/h2,5-8,11-22,28,35H,1,3-4,9-10,23-26H2,(H,39,43)(H,40,44)(H,41,42). The molecule has 1 atom stereocenters. The lowest BCUT2D eigenvalue weighted by Crippen LogP contribution is -2.30. The maximum Gasteiger partial charge on any atom is 0.305 e. The SMILES string of the molecule is O=C(O)CCNC(=O)c1ccc(CC(C(=O)NCc2ccccc2-c2ccccc2)c2ccc(C3CCCCC3)cc2)cc1. The van der Waals surface area contributed by atoms with Crippen LogP contribution in [-0.2, 0) is 22.6 Å². The van der Waals surface area contributed by atoms with Gasteiger partial charge in [0.05, 0.1) is 12.3 Å². The molecule has 0 aromatic heterocycles. The molecule has 0 aliphatic heterocycles. The van der Waals surface area contributed by atoms with Crippen molar-refractivity contribution in [2.75, 3.05) is 6.54 Å². The van der Waals surface area contributed by atoms with E-state index in [1.807, 2.05) is 42.5 Å². The van der Waals surface area contributed by atoms with Crippen LogP contribution in [0.4, 0.5) is 0 Å². The highest BCUT2D eigenvalue weighted by molar-refractivity contribution is 5.94. The molecule has 3 N–H and O–H groups in total. The second-order valence-electron chi connectivity index (χ2n) is 11.6. The van der Waals surface area contributed by atoms with Crippen molar-refractivity contribution in [2.24, 2.45) is 0 Å². The molecule has 1 unspecified atom stereocenters. The Morgan fingerprint density at radius 3 is 2.14 bits per heavy atom. The second kappa shape index (κ2) is 15.1. The first-order chi connectivity index (χ1) is 21.5. The summed E-state index contributed by atoms with van der Waals surface area (Å²) >= 11 is 0. The molecule has 6 nitrogen and oxygen atoms in total. The first-order valence-electron chi connectivity index (χ1n) is 15.6. The zero-order valence-corrected chi connectivity index (χ0v) is 25.0. The summed E-state index contributed by atoms with van der Waals surface area (Å²) in [5.74, 6) is -1.14. The van der Waals surface area contributed by atoms with E-state index in [1.165, 1.54) is 37.7 Å². The van der Waals surface area contributed by atoms with Crippen molar-refractivity contribution >= 4 is 17.8 Å². The normalized spacial score (nSPS) is 14.0. The second-order valence-corrected chi connectivity index (χ2v) is 11.6. The minimum atomic E-state index is -0.958. The summed E-state index contributed by atoms with van der Waals surface area (Å²) in [5.41, 5.74) is 6.97. The average Bonchev–Trinajstić information content (AvgIpc) is 3.07. The van der Waals surface area contributed by atoms with Gasteiger partial charge >= 0.3 is 5.97 Å². The minimum Gasteiger partial charge on any atom is -0.481 e. The van der Waals surface area contributed by atoms with Crippen molar-refractivity contribution in [2.45, 2.75) is 63.3 Å². The van der Waals surface area contributed by atoms with Crippen molar-refractivity contribution in [1.29, 1.82) is 0 Å². The Bertz CT molecular complexity index is 1540. The molecular weight excluding hydrogens is 548 g/mol. The van der Waals surface area contributed by atoms with Crippen LogP contribution in [0.1, 0.15) is 83.0 Å². The van der Waals surface area contributed by atoms with Crippen LogP contribution in [-0.4, -0.2) is 29.4 Å². The highest BCUT2D eigenvalue weighted by Crippen LogP contribution is 2.34. The molecular formula is C38H40N2O4. The van der Waals surface area contributed by atoms with Gasteiger partial charge in [-0.2, -0.15) is 0 Å². The van der Waals surface area contributed by atoms with Gasteiger partial charge in [-0.3, -0.25) is 14.4 Å². The van der Waals surface area contributed by atoms with Crippen molar-refractivity contribution < 1.29 is 19.5 Å². The van der Waals surface area contributed by atoms with Gasteiger partial charge in [0.25, 0.3) is 5.91 Å². The van der Waals surface area contributed by atoms with E-state index in [9.17, 15) is 14.4 Å². The van der Waals surface area contributed by atoms with E-state index in [4.69, 9.17) is 5.11 Å². The van der Waals surface area contributed by atoms with Crippen LogP contribution < -0.4 is 10.6 Å². The molecule has 44 heavy (non-hydrogen) atoms. The fraction of sp³-hybridized carbons (Fsp3) is 0.289. The van der Waals surface area contributed by atoms with Crippen molar-refractivity contribution in [3.63, 3.8) is 0 Å². The van der Waals surface area contributed by atoms with E-state index in [1.54, 1.807) is 12.1 Å². The van der Waals surface area contributed by atoms with Crippen LogP contribution in [0.5, 0.6) is 0 Å². The Morgan fingerprint density at radius 2 is 1.43 bits per heavy atom. The van der Waals surface area contributed by atoms with E-state index in [-0.39, 0.29) is 24.8 Å². The Balaban J connectivity index is 1.33. The highest BCUT2D eigenvalue weighted by atomic mass is 16.4. The topological polar surface area (TPSA) is 95.5 Å². The molecule has 6 heteroatoms. The summed E-state index contributed by atoms with van der Waals surface area (Å²) in [6.07, 6.45) is 6.66. The first-order valence-corrected chi connectivity index (χ1v) is 15.6. The van der Waals surface area contributed by atoms with Gasteiger partial charge < -0.3 is 15.7 Å². The van der Waals surface area contributed by atoms with E-state index >= 15 is 0 Å². The molecule has 0 spiro atoms. The summed E-state index contributed by atoms with van der Waals surface area (Å²) in [4.78, 5) is 37.1. The number of carboxylic acids is 1. The van der Waals surface area contributed by atoms with Crippen LogP contribution in [0, 0.1) is 0 Å². The maximum atomic E-state index is 13.9. The molecule has 2 amide bonds. The quantitative estimate of drug-likeness (QED) is 0.162. The van der Waals surface area contributed by atoms with Gasteiger partial charge in [0, 0.05) is 18.7 Å². The zero-order chi connectivity index (χ0) is 30.7. The minimum absolute atomic E-state index is 0.0474. The molecule has 0 radical (unpaired) electrons. The molecule has 4 aromatic rings. The Kier molecular flexibility index (Phi) is 10.6. The number of aliphatic carboxylic acids is 1. The third-order valence-corrected chi connectivity index (χ3v) is 8.57. The lowest BCUT2D eigenvalue weighted by molar-refractivity contribution is -0.136. The van der Waals surface area contributed by atoms with E-state index in [0.717, 1.165) is 27.8 Å². The Labute approximate surface area is 259 Å². The number of hydrogen-bond donors (Lipinski definition) is 3. The molecule has 1 aliphatic rings. The summed E-state index contributed by atoms with van der Waals surface area (Å²) in [6.45, 7) is 0.485. The highest BCUT2D eigenvalue weighted by Gasteiger charge is 2.23. The third-order valence-electron chi connectivity index (χ3n) is 8.57. The number of nitrogens with one attached hydrogen (secondary N) is 2. The van der Waals surface area contributed by atoms with Gasteiger partial charge in [-0.25, -0.2) is 0 Å². The van der Waals surface area contributed by atoms with Crippen molar-refractivity contribution in [3.8, 4) is 11.1 Å². The summed E-state index contributed by atoms with van der Waals surface area (Å²) < 4.78 is 0. The van der Waals surface area contributed by atoms with Gasteiger partial charge in [-0.15, -0.1) is 0 Å². The van der Waals surface area contributed by atoms with Crippen LogP contribution in [0.3, 0.4) is 0 Å². The molecule has 1 aliphatic carbocycles. The molecule has 1 saturated carbocycles. The van der Waals surface area contributed by atoms with Gasteiger partial charge in [0.15, 0.2) is 0 Å². The van der Waals surface area contributed by atoms with E-state index < -0.39 is 11.9 Å². The van der Waals surface area contributed by atoms with E-state index in [0.29, 0.717) is 24.4 Å². The van der Waals surface area contributed by atoms with Crippen molar-refractivity contribution in [1.82, 2.24) is 10.6 Å². The molecule has 4 aromatic carbocycles. The Morgan fingerprint density at radius 1 is 0.750 bits per heavy atom. The third kappa shape index (κ3) is 8.22. The first kappa shape index (κ1) is 30.7. The monoisotopic (exact) mass is 588 g/mol. The Hall–Kier alpha value is -4.71. The lowest BCUT2D eigenvalue weighted by atomic mass is 9.83. The summed E-state index contributed by atoms with van der Waals surface area (Å²) in [5, 5.41) is 14.7. The largest absolute Gasteiger partial charge is 0.481 e. The zero-order valence-electron chi connectivity index (χ0n) is 25.0. The number of amides is 2. The number of hydrogen-bond acceptors (Lipinski definition) is 3. The van der Waals surface area contributed by atoms with Crippen LogP contribution in [0.15, 0.2) is 103 Å². The number of carbonyl (C=O) groups excluding carboxylic acids is 2. The summed E-state index contributed by atoms with van der Waals surface area (Å²) in [7, 11) is 0. The fourth-order valence-electron chi connectivity index (χ4n) is 6.09. The van der Waals surface area contributed by atoms with Crippen LogP contribution in [0.25, 0.3) is 11.1 Å². The van der Waals surface area contributed by atoms with E-state index in [2.05, 4.69) is 59.2 Å². The number of carbonyl (C=O) groups is 3. The summed E-state index contributed by atoms with van der Waals surface area (Å²) in [6, 6.07) is 34.1.